The van der Waals surface area contributed by atoms with E-state index in [0.29, 0.717) is 0 Å². The molecule has 0 fully saturated rings. The van der Waals surface area contributed by atoms with Crippen LogP contribution in [0, 0.1) is 23.7 Å². The number of anilines is 3. The molecule has 3 heteroatoms. The third kappa shape index (κ3) is 6.76. The van der Waals surface area contributed by atoms with Gasteiger partial charge in [-0.05, 0) is 88.4 Å². The van der Waals surface area contributed by atoms with Crippen LogP contribution in [0.5, 0.6) is 0 Å². The highest BCUT2D eigenvalue weighted by Crippen LogP contribution is 2.34. The van der Waals surface area contributed by atoms with Gasteiger partial charge in [-0.15, -0.1) is 0 Å². The summed E-state index contributed by atoms with van der Waals surface area (Å²) in [6.45, 7) is 6.67. The summed E-state index contributed by atoms with van der Waals surface area (Å²) < 4.78 is 0. The van der Waals surface area contributed by atoms with Crippen molar-refractivity contribution in [3.8, 4) is 23.7 Å². The van der Waals surface area contributed by atoms with Gasteiger partial charge in [-0.2, -0.15) is 0 Å². The van der Waals surface area contributed by atoms with Crippen molar-refractivity contribution in [3.63, 3.8) is 0 Å². The molecule has 156 valence electrons. The van der Waals surface area contributed by atoms with E-state index in [1.54, 1.807) is 27.7 Å². The van der Waals surface area contributed by atoms with Gasteiger partial charge in [-0.1, -0.05) is 41.9 Å². The van der Waals surface area contributed by atoms with Crippen LogP contribution in [0.2, 0.25) is 0 Å². The molecule has 3 aromatic carbocycles. The van der Waals surface area contributed by atoms with Crippen molar-refractivity contribution in [3.05, 3.63) is 90.0 Å². The van der Waals surface area contributed by atoms with Crippen molar-refractivity contribution < 1.29 is 10.2 Å². The average Bonchev–Trinajstić information content (AvgIpc) is 2.72. The van der Waals surface area contributed by atoms with Crippen LogP contribution < -0.4 is 4.90 Å². The van der Waals surface area contributed by atoms with Crippen LogP contribution >= 0.6 is 0 Å². The molecule has 0 aliphatic heterocycles. The maximum atomic E-state index is 9.82. The Balaban J connectivity index is 1.96. The fourth-order valence-electron chi connectivity index (χ4n) is 2.86. The number of aliphatic hydroxyl groups is 2. The Bertz CT molecular complexity index is 1050. The Hall–Kier alpha value is -3.50. The van der Waals surface area contributed by atoms with Gasteiger partial charge in [0.2, 0.25) is 0 Å². The Kier molecular flexibility index (Phi) is 6.52. The first-order valence-electron chi connectivity index (χ1n) is 10.2. The fourth-order valence-corrected chi connectivity index (χ4v) is 2.86. The van der Waals surface area contributed by atoms with Crippen LogP contribution in [0.4, 0.5) is 17.1 Å². The van der Waals surface area contributed by atoms with Gasteiger partial charge in [0.15, 0.2) is 0 Å². The van der Waals surface area contributed by atoms with Crippen LogP contribution in [0.3, 0.4) is 0 Å². The normalized spacial score (nSPS) is 11.0. The Labute approximate surface area is 185 Å². The van der Waals surface area contributed by atoms with Gasteiger partial charge in [0.05, 0.1) is 0 Å². The Morgan fingerprint density at radius 2 is 0.903 bits per heavy atom. The molecule has 0 unspecified atom stereocenters. The lowest BCUT2D eigenvalue weighted by Crippen LogP contribution is -2.14. The first kappa shape index (κ1) is 22.2. The molecule has 0 radical (unpaired) electrons. The summed E-state index contributed by atoms with van der Waals surface area (Å²) in [5, 5.41) is 19.6. The predicted molar refractivity (Wildman–Crippen MR) is 127 cm³/mol. The SMILES string of the molecule is CC(C)(O)C#Cc1ccc(N(c2ccccc2)c2ccc(C#CC(C)(C)O)cc2)cc1. The van der Waals surface area contributed by atoms with E-state index < -0.39 is 11.2 Å². The smallest absolute Gasteiger partial charge is 0.120 e. The molecule has 0 heterocycles. The number of para-hydroxylation sites is 1. The van der Waals surface area contributed by atoms with Crippen LogP contribution in [0.25, 0.3) is 0 Å². The summed E-state index contributed by atoms with van der Waals surface area (Å²) in [5.41, 5.74) is 2.67. The van der Waals surface area contributed by atoms with E-state index in [-0.39, 0.29) is 0 Å². The molecule has 0 saturated heterocycles. The molecule has 0 saturated carbocycles. The van der Waals surface area contributed by atoms with Gasteiger partial charge in [-0.3, -0.25) is 0 Å². The molecule has 0 spiro atoms. The standard InChI is InChI=1S/C28H27NO2/c1-27(2,30)20-18-22-10-14-25(15-11-22)29(24-8-6-5-7-9-24)26-16-12-23(13-17-26)19-21-28(3,4)31/h5-17,30-31H,1-4H3. The quantitative estimate of drug-likeness (QED) is 0.569. The average molecular weight is 410 g/mol. The third-order valence-corrected chi connectivity index (χ3v) is 4.29. The molecule has 0 aliphatic carbocycles. The van der Waals surface area contributed by atoms with Gasteiger partial charge < -0.3 is 15.1 Å². The van der Waals surface area contributed by atoms with Gasteiger partial charge in [0.1, 0.15) is 11.2 Å². The highest BCUT2D eigenvalue weighted by molar-refractivity contribution is 5.77. The van der Waals surface area contributed by atoms with Crippen LogP contribution in [0.15, 0.2) is 78.9 Å². The highest BCUT2D eigenvalue weighted by Gasteiger charge is 2.12. The summed E-state index contributed by atoms with van der Waals surface area (Å²) in [7, 11) is 0. The van der Waals surface area contributed by atoms with E-state index in [4.69, 9.17) is 0 Å². The Morgan fingerprint density at radius 3 is 1.26 bits per heavy atom. The predicted octanol–water partition coefficient (Wildman–Crippen LogP) is 5.40. The summed E-state index contributed by atoms with van der Waals surface area (Å²) in [5.74, 6) is 11.7. The van der Waals surface area contributed by atoms with E-state index in [1.165, 1.54) is 0 Å². The van der Waals surface area contributed by atoms with E-state index >= 15 is 0 Å². The minimum atomic E-state index is -1.02. The molecule has 3 rings (SSSR count). The monoisotopic (exact) mass is 409 g/mol. The van der Waals surface area contributed by atoms with Crippen LogP contribution in [-0.4, -0.2) is 21.4 Å². The van der Waals surface area contributed by atoms with Crippen LogP contribution in [0.1, 0.15) is 38.8 Å². The van der Waals surface area contributed by atoms with Crippen molar-refractivity contribution in [1.29, 1.82) is 0 Å². The maximum absolute atomic E-state index is 9.82. The molecule has 31 heavy (non-hydrogen) atoms. The van der Waals surface area contributed by atoms with E-state index in [1.807, 2.05) is 66.7 Å². The maximum Gasteiger partial charge on any atom is 0.120 e. The van der Waals surface area contributed by atoms with E-state index in [9.17, 15) is 10.2 Å². The fraction of sp³-hybridized carbons (Fsp3) is 0.214. The lowest BCUT2D eigenvalue weighted by molar-refractivity contribution is 0.143. The van der Waals surface area contributed by atoms with Gasteiger partial charge in [0.25, 0.3) is 0 Å². The van der Waals surface area contributed by atoms with E-state index in [0.717, 1.165) is 28.2 Å². The number of benzene rings is 3. The zero-order valence-corrected chi connectivity index (χ0v) is 18.3. The molecule has 0 atom stereocenters. The van der Waals surface area contributed by atoms with Crippen molar-refractivity contribution in [2.24, 2.45) is 0 Å². The van der Waals surface area contributed by atoms with Crippen LogP contribution in [-0.2, 0) is 0 Å². The first-order valence-corrected chi connectivity index (χ1v) is 10.2. The number of rotatable bonds is 3. The molecular weight excluding hydrogens is 382 g/mol. The van der Waals surface area contributed by atoms with Crippen molar-refractivity contribution in [1.82, 2.24) is 0 Å². The number of hydrogen-bond donors (Lipinski definition) is 2. The number of nitrogens with zero attached hydrogens (tertiary/aromatic N) is 1. The van der Waals surface area contributed by atoms with Gasteiger partial charge in [-0.25, -0.2) is 0 Å². The minimum absolute atomic E-state index is 0.844. The molecule has 0 aliphatic rings. The molecule has 0 amide bonds. The second-order valence-corrected chi connectivity index (χ2v) is 8.38. The second-order valence-electron chi connectivity index (χ2n) is 8.38. The van der Waals surface area contributed by atoms with Crippen molar-refractivity contribution in [2.45, 2.75) is 38.9 Å². The highest BCUT2D eigenvalue weighted by atomic mass is 16.3. The van der Waals surface area contributed by atoms with Crippen molar-refractivity contribution >= 4 is 17.1 Å². The Morgan fingerprint density at radius 1 is 0.548 bits per heavy atom. The molecule has 3 nitrogen and oxygen atoms in total. The lowest BCUT2D eigenvalue weighted by atomic mass is 10.1. The lowest BCUT2D eigenvalue weighted by Gasteiger charge is -2.25. The summed E-state index contributed by atoms with van der Waals surface area (Å²) >= 11 is 0. The zero-order chi connectivity index (χ0) is 22.5. The molecule has 2 N–H and O–H groups in total. The largest absolute Gasteiger partial charge is 0.378 e. The first-order chi connectivity index (χ1) is 14.6. The summed E-state index contributed by atoms with van der Waals surface area (Å²) in [4.78, 5) is 2.15. The van der Waals surface area contributed by atoms with E-state index in [2.05, 4.69) is 40.7 Å². The second kappa shape index (κ2) is 9.11. The molecule has 3 aromatic rings. The summed E-state index contributed by atoms with van der Waals surface area (Å²) in [6.07, 6.45) is 0. The molecule has 0 aromatic heterocycles. The molecular formula is C28H27NO2. The topological polar surface area (TPSA) is 43.7 Å². The van der Waals surface area contributed by atoms with Gasteiger partial charge in [0, 0.05) is 28.2 Å². The summed E-state index contributed by atoms with van der Waals surface area (Å²) in [6, 6.07) is 26.0. The molecule has 0 bridgehead atoms. The van der Waals surface area contributed by atoms with Crippen molar-refractivity contribution in [2.75, 3.05) is 4.90 Å². The third-order valence-electron chi connectivity index (χ3n) is 4.29. The van der Waals surface area contributed by atoms with Gasteiger partial charge >= 0.3 is 0 Å². The number of hydrogen-bond acceptors (Lipinski definition) is 3. The minimum Gasteiger partial charge on any atom is -0.378 e. The zero-order valence-electron chi connectivity index (χ0n) is 18.3.